The van der Waals surface area contributed by atoms with Crippen molar-refractivity contribution < 1.29 is 23.9 Å². The molecule has 25 heavy (non-hydrogen) atoms. The van der Waals surface area contributed by atoms with Crippen molar-refractivity contribution in [3.05, 3.63) is 11.8 Å². The van der Waals surface area contributed by atoms with Crippen LogP contribution < -0.4 is 14.7 Å². The molecule has 0 spiro atoms. The minimum atomic E-state index is -0.252. The van der Waals surface area contributed by atoms with Crippen molar-refractivity contribution in [2.24, 2.45) is 0 Å². The van der Waals surface area contributed by atoms with Gasteiger partial charge < -0.3 is 14.3 Å². The number of nitrogens with zero attached hydrogens (tertiary/aromatic N) is 2. The molecule has 7 nitrogen and oxygen atoms in total. The summed E-state index contributed by atoms with van der Waals surface area (Å²) in [7, 11) is 0. The van der Waals surface area contributed by atoms with E-state index >= 15 is 0 Å². The van der Waals surface area contributed by atoms with E-state index in [2.05, 4.69) is 5.16 Å². The number of hydrogen-bond donors (Lipinski definition) is 2. The normalized spacial score (nSPS) is 31.7. The molecule has 1 atom stereocenters. The molecule has 0 unspecified atom stereocenters. The zero-order valence-electron chi connectivity index (χ0n) is 14.9. The van der Waals surface area contributed by atoms with Crippen LogP contribution in [-0.2, 0) is 9.59 Å². The van der Waals surface area contributed by atoms with Crippen LogP contribution in [0.3, 0.4) is 0 Å². The molecule has 3 fully saturated rings. The molecule has 2 aliphatic heterocycles. The molecule has 1 aromatic rings. The number of anilines is 1. The molecule has 0 aromatic carbocycles. The van der Waals surface area contributed by atoms with E-state index < -0.39 is 0 Å². The summed E-state index contributed by atoms with van der Waals surface area (Å²) < 4.78 is 5.03. The average molecular weight is 348 g/mol. The van der Waals surface area contributed by atoms with Crippen LogP contribution in [0.2, 0.25) is 0 Å². The molecule has 3 aliphatic rings. The molecule has 7 heteroatoms. The van der Waals surface area contributed by atoms with Gasteiger partial charge in [-0.2, -0.15) is 0 Å². The Balaban J connectivity index is 1.38. The molecule has 2 saturated heterocycles. The molecule has 1 saturated carbocycles. The van der Waals surface area contributed by atoms with Gasteiger partial charge in [0.25, 0.3) is 5.91 Å². The minimum absolute atomic E-state index is 0.116. The first-order valence-corrected chi connectivity index (χ1v) is 9.63. The van der Waals surface area contributed by atoms with Crippen molar-refractivity contribution in [3.63, 3.8) is 0 Å². The van der Waals surface area contributed by atoms with Crippen molar-refractivity contribution in [3.8, 4) is 0 Å². The second kappa shape index (κ2) is 6.88. The number of aromatic nitrogens is 1. The number of carbonyl (C=O) groups is 2. The van der Waals surface area contributed by atoms with E-state index in [9.17, 15) is 9.59 Å². The fourth-order valence-corrected chi connectivity index (χ4v) is 4.81. The Morgan fingerprint density at radius 3 is 2.40 bits per heavy atom. The highest BCUT2D eigenvalue weighted by Crippen LogP contribution is 2.21. The number of amides is 2. The summed E-state index contributed by atoms with van der Waals surface area (Å²) in [6, 6.07) is 2.21. The van der Waals surface area contributed by atoms with Gasteiger partial charge in [0.1, 0.15) is 31.9 Å². The number of piperazine rings is 1. The van der Waals surface area contributed by atoms with E-state index in [0.717, 1.165) is 32.2 Å². The van der Waals surface area contributed by atoms with Gasteiger partial charge in [0.15, 0.2) is 11.9 Å². The number of aryl methyl sites for hydroxylation is 1. The Labute approximate surface area is 147 Å². The van der Waals surface area contributed by atoms with E-state index in [1.807, 2.05) is 0 Å². The average Bonchev–Trinajstić information content (AvgIpc) is 3.18. The van der Waals surface area contributed by atoms with Gasteiger partial charge in [-0.3, -0.25) is 9.59 Å². The Hall–Kier alpha value is -1.73. The summed E-state index contributed by atoms with van der Waals surface area (Å²) in [5, 5.41) is 3.85. The number of quaternary nitrogens is 2. The lowest BCUT2D eigenvalue weighted by Crippen LogP contribution is -3.31. The predicted molar refractivity (Wildman–Crippen MR) is 90.4 cm³/mol. The van der Waals surface area contributed by atoms with Gasteiger partial charge >= 0.3 is 0 Å². The van der Waals surface area contributed by atoms with Crippen LogP contribution in [0.25, 0.3) is 0 Å². The molecule has 1 aliphatic carbocycles. The van der Waals surface area contributed by atoms with E-state index in [0.29, 0.717) is 18.0 Å². The van der Waals surface area contributed by atoms with Gasteiger partial charge in [-0.15, -0.1) is 0 Å². The van der Waals surface area contributed by atoms with Crippen LogP contribution in [-0.4, -0.2) is 55.2 Å². The van der Waals surface area contributed by atoms with Gasteiger partial charge in [-0.25, -0.2) is 4.90 Å². The van der Waals surface area contributed by atoms with Gasteiger partial charge in [-0.05, 0) is 32.6 Å². The third kappa shape index (κ3) is 3.22. The van der Waals surface area contributed by atoms with Gasteiger partial charge in [0.2, 0.25) is 5.91 Å². The fourth-order valence-electron chi connectivity index (χ4n) is 4.81. The lowest BCUT2D eigenvalue weighted by Gasteiger charge is -2.37. The fraction of sp³-hybridized carbons (Fsp3) is 0.722. The van der Waals surface area contributed by atoms with Crippen LogP contribution in [0.5, 0.6) is 0 Å². The second-order valence-corrected chi connectivity index (χ2v) is 7.77. The molecule has 1 aromatic heterocycles. The number of carbonyl (C=O) groups excluding carboxylic acids is 2. The van der Waals surface area contributed by atoms with Crippen LogP contribution in [0.1, 0.15) is 44.3 Å². The number of nitrogens with one attached hydrogen (secondary N) is 2. The highest BCUT2D eigenvalue weighted by atomic mass is 16.5. The summed E-state index contributed by atoms with van der Waals surface area (Å²) in [6.07, 6.45) is 7.12. The molecule has 3 heterocycles. The molecule has 2 amide bonds. The van der Waals surface area contributed by atoms with Gasteiger partial charge in [0.05, 0.1) is 12.5 Å². The van der Waals surface area contributed by atoms with E-state index in [1.165, 1.54) is 41.9 Å². The van der Waals surface area contributed by atoms with Crippen molar-refractivity contribution in [2.45, 2.75) is 57.5 Å². The lowest BCUT2D eigenvalue weighted by atomic mass is 9.93. The Morgan fingerprint density at radius 1 is 1.08 bits per heavy atom. The van der Waals surface area contributed by atoms with Crippen molar-refractivity contribution >= 4 is 17.6 Å². The van der Waals surface area contributed by atoms with Crippen LogP contribution in [0, 0.1) is 6.92 Å². The molecule has 4 rings (SSSR count). The predicted octanol–water partition coefficient (Wildman–Crippen LogP) is -1.27. The molecule has 2 N–H and O–H groups in total. The first-order valence-electron chi connectivity index (χ1n) is 9.63. The molecule has 136 valence electrons. The van der Waals surface area contributed by atoms with Crippen LogP contribution in [0.4, 0.5) is 5.82 Å². The van der Waals surface area contributed by atoms with Crippen molar-refractivity contribution in [1.82, 2.24) is 5.16 Å². The maximum atomic E-state index is 12.8. The van der Waals surface area contributed by atoms with E-state index in [1.54, 1.807) is 17.9 Å². The summed E-state index contributed by atoms with van der Waals surface area (Å²) in [6.45, 7) is 5.93. The zero-order chi connectivity index (χ0) is 17.4. The number of hydrogen-bond acceptors (Lipinski definition) is 4. The molecule has 0 radical (unpaired) electrons. The Morgan fingerprint density at radius 2 is 1.76 bits per heavy atom. The molecule has 0 bridgehead atoms. The van der Waals surface area contributed by atoms with E-state index in [4.69, 9.17) is 4.52 Å². The lowest BCUT2D eigenvalue weighted by molar-refractivity contribution is -1.03. The monoisotopic (exact) mass is 348 g/mol. The van der Waals surface area contributed by atoms with Crippen molar-refractivity contribution in [1.29, 1.82) is 0 Å². The molecular formula is C18H28N4O3+2. The summed E-state index contributed by atoms with van der Waals surface area (Å²) in [5.74, 6) is 0.671. The largest absolute Gasteiger partial charge is 0.360 e. The quantitative estimate of drug-likeness (QED) is 0.669. The van der Waals surface area contributed by atoms with Gasteiger partial charge in [0, 0.05) is 6.07 Å². The Bertz CT molecular complexity index is 645. The molecular weight excluding hydrogens is 320 g/mol. The smallest absolute Gasteiger partial charge is 0.293 e. The van der Waals surface area contributed by atoms with Gasteiger partial charge in [-0.1, -0.05) is 11.6 Å². The highest BCUT2D eigenvalue weighted by Gasteiger charge is 2.48. The maximum Gasteiger partial charge on any atom is 0.293 e. The second-order valence-electron chi connectivity index (χ2n) is 7.77. The number of imide groups is 1. The van der Waals surface area contributed by atoms with Crippen LogP contribution in [0.15, 0.2) is 10.6 Å². The van der Waals surface area contributed by atoms with E-state index in [-0.39, 0.29) is 17.9 Å². The highest BCUT2D eigenvalue weighted by molar-refractivity contribution is 6.21. The first-order chi connectivity index (χ1) is 12.1. The van der Waals surface area contributed by atoms with Crippen LogP contribution >= 0.6 is 0 Å². The Kier molecular flexibility index (Phi) is 4.60. The number of rotatable bonds is 3. The third-order valence-electron chi connectivity index (χ3n) is 6.20. The first kappa shape index (κ1) is 16.7. The van der Waals surface area contributed by atoms with Crippen molar-refractivity contribution in [2.75, 3.05) is 31.1 Å². The summed E-state index contributed by atoms with van der Waals surface area (Å²) in [5.41, 5.74) is 0. The standard InChI is InChI=1S/C18H26N4O3/c1-13-11-16(19-25-13)22-17(23)12-15(18(22)24)21-9-7-20(8-10-21)14-5-3-2-4-6-14/h11,14-15H,2-10,12H2,1H3/p+2/t15-/m1/s1. The SMILES string of the molecule is Cc1cc(N2C(=O)C[C@@H]([NH+]3CC[NH+](C4CCCCC4)CC3)C2=O)no1. The topological polar surface area (TPSA) is 72.3 Å². The third-order valence-corrected chi connectivity index (χ3v) is 6.20. The zero-order valence-corrected chi connectivity index (χ0v) is 14.9. The summed E-state index contributed by atoms with van der Waals surface area (Å²) >= 11 is 0. The minimum Gasteiger partial charge on any atom is -0.360 e. The summed E-state index contributed by atoms with van der Waals surface area (Å²) in [4.78, 5) is 29.4. The maximum absolute atomic E-state index is 12.8.